The van der Waals surface area contributed by atoms with Crippen LogP contribution in [0, 0.1) is 0 Å². The summed E-state index contributed by atoms with van der Waals surface area (Å²) in [5.41, 5.74) is 0. The number of isocyanates is 1. The maximum atomic E-state index is 9.66. The van der Waals surface area contributed by atoms with E-state index in [1.54, 1.807) is 6.08 Å². The predicted molar refractivity (Wildman–Crippen MR) is 33.9 cm³/mol. The first kappa shape index (κ1) is 5.86. The molecule has 1 atom stereocenters. The lowest BCUT2D eigenvalue weighted by Gasteiger charge is -1.91. The van der Waals surface area contributed by atoms with Crippen molar-refractivity contribution in [3.63, 3.8) is 0 Å². The van der Waals surface area contributed by atoms with Crippen molar-refractivity contribution in [1.82, 2.24) is 0 Å². The summed E-state index contributed by atoms with van der Waals surface area (Å²) in [5, 5.41) is 0. The zero-order valence-electron chi connectivity index (χ0n) is 4.46. The van der Waals surface area contributed by atoms with E-state index in [2.05, 4.69) is 4.99 Å². The lowest BCUT2D eigenvalue weighted by Crippen LogP contribution is -1.98. The van der Waals surface area contributed by atoms with Gasteiger partial charge in [0.2, 0.25) is 6.08 Å². The van der Waals surface area contributed by atoms with E-state index in [0.717, 1.165) is 17.9 Å². The van der Waals surface area contributed by atoms with Crippen molar-refractivity contribution in [2.45, 2.75) is 12.5 Å². The number of aliphatic imine (C=N–C) groups is 1. The van der Waals surface area contributed by atoms with Gasteiger partial charge in [-0.05, 0) is 12.2 Å². The van der Waals surface area contributed by atoms with Crippen LogP contribution in [0.2, 0.25) is 0 Å². The minimum atomic E-state index is 0.275. The van der Waals surface area contributed by atoms with Gasteiger partial charge in [0, 0.05) is 5.75 Å². The Bertz CT molecular complexity index is 114. The van der Waals surface area contributed by atoms with E-state index in [1.807, 2.05) is 11.8 Å². The normalized spacial score (nSPS) is 27.2. The van der Waals surface area contributed by atoms with Crippen LogP contribution in [0.25, 0.3) is 0 Å². The monoisotopic (exact) mass is 129 g/mol. The third-order valence-corrected chi connectivity index (χ3v) is 2.29. The molecule has 2 nitrogen and oxygen atoms in total. The van der Waals surface area contributed by atoms with E-state index >= 15 is 0 Å². The average Bonchev–Trinajstić information content (AvgIpc) is 2.19. The van der Waals surface area contributed by atoms with Gasteiger partial charge in [-0.2, -0.15) is 11.8 Å². The van der Waals surface area contributed by atoms with Crippen molar-refractivity contribution in [3.05, 3.63) is 0 Å². The Balaban J connectivity index is 2.35. The Morgan fingerprint density at radius 2 is 2.62 bits per heavy atom. The molecule has 1 aliphatic heterocycles. The minimum Gasteiger partial charge on any atom is -0.211 e. The van der Waals surface area contributed by atoms with Gasteiger partial charge >= 0.3 is 0 Å². The molecule has 1 saturated heterocycles. The molecule has 0 N–H and O–H groups in total. The predicted octanol–water partition coefficient (Wildman–Crippen LogP) is 0.828. The third-order valence-electron chi connectivity index (χ3n) is 1.14. The second-order valence-electron chi connectivity index (χ2n) is 1.74. The van der Waals surface area contributed by atoms with Gasteiger partial charge in [-0.1, -0.05) is 0 Å². The Hall–Kier alpha value is -0.270. The van der Waals surface area contributed by atoms with Crippen molar-refractivity contribution >= 4 is 17.8 Å². The van der Waals surface area contributed by atoms with E-state index in [0.29, 0.717) is 0 Å². The number of hydrogen-bond acceptors (Lipinski definition) is 3. The van der Waals surface area contributed by atoms with Gasteiger partial charge in [0.1, 0.15) is 0 Å². The number of nitrogens with zero attached hydrogens (tertiary/aromatic N) is 1. The first-order chi connectivity index (χ1) is 3.93. The molecule has 1 aliphatic rings. The summed E-state index contributed by atoms with van der Waals surface area (Å²) >= 11 is 1.85. The Kier molecular flexibility index (Phi) is 2.12. The highest BCUT2D eigenvalue weighted by atomic mass is 32.2. The lowest BCUT2D eigenvalue weighted by molar-refractivity contribution is 0.559. The zero-order chi connectivity index (χ0) is 5.82. The van der Waals surface area contributed by atoms with Crippen molar-refractivity contribution in [2.75, 3.05) is 11.5 Å². The fourth-order valence-corrected chi connectivity index (χ4v) is 1.82. The molecule has 0 radical (unpaired) electrons. The zero-order valence-corrected chi connectivity index (χ0v) is 5.28. The molecule has 0 aliphatic carbocycles. The van der Waals surface area contributed by atoms with Crippen molar-refractivity contribution < 1.29 is 4.79 Å². The van der Waals surface area contributed by atoms with Gasteiger partial charge in [-0.25, -0.2) is 9.79 Å². The summed E-state index contributed by atoms with van der Waals surface area (Å²) in [5.74, 6) is 2.16. The maximum Gasteiger partial charge on any atom is 0.235 e. The van der Waals surface area contributed by atoms with Gasteiger partial charge in [-0.3, -0.25) is 0 Å². The number of hydrogen-bond donors (Lipinski definition) is 0. The standard InChI is InChI=1S/C5H7NOS/c7-4-6-5-1-2-8-3-5/h5H,1-3H2. The fraction of sp³-hybridized carbons (Fsp3) is 0.800. The molecule has 3 heteroatoms. The lowest BCUT2D eigenvalue weighted by atomic mass is 10.3. The van der Waals surface area contributed by atoms with Crippen LogP contribution >= 0.6 is 11.8 Å². The van der Waals surface area contributed by atoms with E-state index < -0.39 is 0 Å². The van der Waals surface area contributed by atoms with Crippen molar-refractivity contribution in [3.8, 4) is 0 Å². The molecule has 0 aromatic heterocycles. The van der Waals surface area contributed by atoms with Crippen LogP contribution in [0.15, 0.2) is 4.99 Å². The highest BCUT2D eigenvalue weighted by Gasteiger charge is 2.12. The summed E-state index contributed by atoms with van der Waals surface area (Å²) in [4.78, 5) is 13.3. The molecule has 8 heavy (non-hydrogen) atoms. The van der Waals surface area contributed by atoms with Crippen LogP contribution in [0.3, 0.4) is 0 Å². The molecule has 0 bridgehead atoms. The molecule has 1 rings (SSSR count). The fourth-order valence-electron chi connectivity index (χ4n) is 0.698. The Labute approximate surface area is 52.4 Å². The van der Waals surface area contributed by atoms with Crippen LogP contribution in [0.4, 0.5) is 0 Å². The van der Waals surface area contributed by atoms with Gasteiger partial charge in [0.15, 0.2) is 0 Å². The summed E-state index contributed by atoms with van der Waals surface area (Å²) in [6.07, 6.45) is 2.63. The van der Waals surface area contributed by atoms with Crippen LogP contribution in [-0.4, -0.2) is 23.6 Å². The first-order valence-corrected chi connectivity index (χ1v) is 3.73. The van der Waals surface area contributed by atoms with Gasteiger partial charge < -0.3 is 0 Å². The quantitative estimate of drug-likeness (QED) is 0.387. The Morgan fingerprint density at radius 3 is 3.12 bits per heavy atom. The molecule has 1 unspecified atom stereocenters. The molecule has 1 fully saturated rings. The van der Waals surface area contributed by atoms with E-state index in [4.69, 9.17) is 0 Å². The molecule has 0 aromatic rings. The van der Waals surface area contributed by atoms with E-state index in [1.165, 1.54) is 0 Å². The van der Waals surface area contributed by atoms with Gasteiger partial charge in [0.25, 0.3) is 0 Å². The number of thioether (sulfide) groups is 1. The average molecular weight is 129 g/mol. The van der Waals surface area contributed by atoms with Crippen LogP contribution in [0.5, 0.6) is 0 Å². The second kappa shape index (κ2) is 2.90. The first-order valence-electron chi connectivity index (χ1n) is 2.58. The highest BCUT2D eigenvalue weighted by molar-refractivity contribution is 7.99. The largest absolute Gasteiger partial charge is 0.235 e. The van der Waals surface area contributed by atoms with Crippen LogP contribution < -0.4 is 0 Å². The summed E-state index contributed by atoms with van der Waals surface area (Å²) < 4.78 is 0. The maximum absolute atomic E-state index is 9.66. The topological polar surface area (TPSA) is 29.4 Å². The van der Waals surface area contributed by atoms with Crippen LogP contribution in [-0.2, 0) is 4.79 Å². The molecule has 44 valence electrons. The third kappa shape index (κ3) is 1.35. The van der Waals surface area contributed by atoms with E-state index in [-0.39, 0.29) is 6.04 Å². The SMILES string of the molecule is O=C=NC1CCSC1. The van der Waals surface area contributed by atoms with E-state index in [9.17, 15) is 4.79 Å². The molecular formula is C5H7NOS. The second-order valence-corrected chi connectivity index (χ2v) is 2.89. The molecule has 1 heterocycles. The smallest absolute Gasteiger partial charge is 0.211 e. The van der Waals surface area contributed by atoms with Crippen molar-refractivity contribution in [2.24, 2.45) is 4.99 Å². The number of rotatable bonds is 1. The molecule has 0 spiro atoms. The molecule has 0 amide bonds. The van der Waals surface area contributed by atoms with Crippen LogP contribution in [0.1, 0.15) is 6.42 Å². The summed E-state index contributed by atoms with van der Waals surface area (Å²) in [7, 11) is 0. The summed E-state index contributed by atoms with van der Waals surface area (Å²) in [6.45, 7) is 0. The van der Waals surface area contributed by atoms with Gasteiger partial charge in [-0.15, -0.1) is 0 Å². The highest BCUT2D eigenvalue weighted by Crippen LogP contribution is 2.18. The van der Waals surface area contributed by atoms with Gasteiger partial charge in [0.05, 0.1) is 6.04 Å². The Morgan fingerprint density at radius 1 is 1.75 bits per heavy atom. The van der Waals surface area contributed by atoms with Crippen molar-refractivity contribution in [1.29, 1.82) is 0 Å². The molecule has 0 aromatic carbocycles. The molecule has 0 saturated carbocycles. The number of carbonyl (C=O) groups excluding carboxylic acids is 1. The summed E-state index contributed by atoms with van der Waals surface area (Å²) in [6, 6.07) is 0.275. The molecular weight excluding hydrogens is 122 g/mol. The minimum absolute atomic E-state index is 0.275.